The van der Waals surface area contributed by atoms with Gasteiger partial charge in [0.05, 0.1) is 0 Å². The van der Waals surface area contributed by atoms with Crippen molar-refractivity contribution in [3.8, 4) is 0 Å². The fourth-order valence-corrected chi connectivity index (χ4v) is 3.95. The van der Waals surface area contributed by atoms with Gasteiger partial charge < -0.3 is 25.5 Å². The summed E-state index contributed by atoms with van der Waals surface area (Å²) in [4.78, 5) is 28.1. The molecule has 2 heterocycles. The normalized spacial score (nSPS) is 20.7. The largest absolute Gasteiger partial charge is 0.396 e. The number of benzene rings is 1. The fourth-order valence-electron chi connectivity index (χ4n) is 3.95. The molecular formula is C20H30N4O3. The van der Waals surface area contributed by atoms with Crippen LogP contribution in [0.1, 0.15) is 31.2 Å². The first-order chi connectivity index (χ1) is 13.1. The number of rotatable bonds is 6. The van der Waals surface area contributed by atoms with Crippen LogP contribution in [0.5, 0.6) is 0 Å². The van der Waals surface area contributed by atoms with Gasteiger partial charge in [0.25, 0.3) is 0 Å². The second-order valence-electron chi connectivity index (χ2n) is 7.52. The second kappa shape index (κ2) is 9.19. The lowest BCUT2D eigenvalue weighted by Crippen LogP contribution is -2.42. The van der Waals surface area contributed by atoms with Crippen LogP contribution in [-0.2, 0) is 4.79 Å². The molecule has 1 aromatic rings. The lowest BCUT2D eigenvalue weighted by Gasteiger charge is -2.31. The summed E-state index contributed by atoms with van der Waals surface area (Å²) >= 11 is 0. The summed E-state index contributed by atoms with van der Waals surface area (Å²) < 4.78 is 0. The summed E-state index contributed by atoms with van der Waals surface area (Å²) in [6, 6.07) is 5.41. The van der Waals surface area contributed by atoms with E-state index in [1.54, 1.807) is 0 Å². The summed E-state index contributed by atoms with van der Waals surface area (Å²) in [7, 11) is 0. The van der Waals surface area contributed by atoms with Crippen LogP contribution >= 0.6 is 0 Å². The minimum atomic E-state index is -0.227. The molecule has 2 aliphatic heterocycles. The molecule has 7 heteroatoms. The predicted molar refractivity (Wildman–Crippen MR) is 106 cm³/mol. The zero-order valence-corrected chi connectivity index (χ0v) is 16.0. The summed E-state index contributed by atoms with van der Waals surface area (Å²) in [6.07, 6.45) is 3.69. The smallest absolute Gasteiger partial charge is 0.319 e. The van der Waals surface area contributed by atoms with Gasteiger partial charge in [-0.2, -0.15) is 0 Å². The Hall–Kier alpha value is -2.12. The lowest BCUT2D eigenvalue weighted by molar-refractivity contribution is -0.117. The number of aliphatic hydroxyl groups is 1. The third-order valence-electron chi connectivity index (χ3n) is 5.39. The van der Waals surface area contributed by atoms with Gasteiger partial charge in [0, 0.05) is 50.6 Å². The van der Waals surface area contributed by atoms with E-state index in [4.69, 9.17) is 0 Å². The molecule has 0 saturated carbocycles. The van der Waals surface area contributed by atoms with Crippen molar-refractivity contribution in [2.75, 3.05) is 49.5 Å². The topological polar surface area (TPSA) is 84.9 Å². The number of aryl methyl sites for hydroxylation is 1. The molecule has 3 amide bonds. The van der Waals surface area contributed by atoms with Crippen LogP contribution in [0.2, 0.25) is 0 Å². The standard InChI is InChI=1S/C20H30N4O3/c1-15-12-17(6-7-18(15)24-10-3-5-19(24)26)22-20(27)21-8-11-23-9-2-4-16(13-23)14-25/h6-7,12,16,25H,2-5,8-11,13-14H2,1H3,(H2,21,22,27)/t16-/m1/s1. The molecule has 3 N–H and O–H groups in total. The van der Waals surface area contributed by atoms with Gasteiger partial charge in [-0.1, -0.05) is 0 Å². The molecule has 1 aromatic carbocycles. The van der Waals surface area contributed by atoms with Crippen molar-refractivity contribution in [1.29, 1.82) is 0 Å². The van der Waals surface area contributed by atoms with Crippen LogP contribution in [-0.4, -0.2) is 61.3 Å². The van der Waals surface area contributed by atoms with Gasteiger partial charge in [0.2, 0.25) is 5.91 Å². The van der Waals surface area contributed by atoms with E-state index in [0.29, 0.717) is 18.9 Å². The van der Waals surface area contributed by atoms with Crippen molar-refractivity contribution in [3.63, 3.8) is 0 Å². The molecular weight excluding hydrogens is 344 g/mol. The van der Waals surface area contributed by atoms with Gasteiger partial charge in [-0.15, -0.1) is 0 Å². The maximum Gasteiger partial charge on any atom is 0.319 e. The molecule has 0 aliphatic carbocycles. The first-order valence-corrected chi connectivity index (χ1v) is 9.86. The molecule has 0 unspecified atom stereocenters. The average Bonchev–Trinajstić information content (AvgIpc) is 3.08. The van der Waals surface area contributed by atoms with Crippen LogP contribution < -0.4 is 15.5 Å². The Morgan fingerprint density at radius 2 is 2.15 bits per heavy atom. The number of aliphatic hydroxyl groups excluding tert-OH is 1. The third kappa shape index (κ3) is 5.20. The molecule has 7 nitrogen and oxygen atoms in total. The first kappa shape index (κ1) is 19.6. The van der Waals surface area contributed by atoms with E-state index < -0.39 is 0 Å². The number of amides is 3. The van der Waals surface area contributed by atoms with Gasteiger partial charge in [-0.3, -0.25) is 4.79 Å². The van der Waals surface area contributed by atoms with E-state index in [1.165, 1.54) is 0 Å². The SMILES string of the molecule is Cc1cc(NC(=O)NCCN2CCC[C@@H](CO)C2)ccc1N1CCCC1=O. The highest BCUT2D eigenvalue weighted by atomic mass is 16.3. The maximum absolute atomic E-state index is 12.1. The second-order valence-corrected chi connectivity index (χ2v) is 7.52. The number of nitrogens with zero attached hydrogens (tertiary/aromatic N) is 2. The average molecular weight is 374 g/mol. The summed E-state index contributed by atoms with van der Waals surface area (Å²) in [5, 5.41) is 15.0. The molecule has 0 aromatic heterocycles. The zero-order valence-electron chi connectivity index (χ0n) is 16.0. The van der Waals surface area contributed by atoms with E-state index in [-0.39, 0.29) is 18.5 Å². The number of hydrogen-bond acceptors (Lipinski definition) is 4. The minimum Gasteiger partial charge on any atom is -0.396 e. The summed E-state index contributed by atoms with van der Waals surface area (Å²) in [6.45, 7) is 6.24. The van der Waals surface area contributed by atoms with Gasteiger partial charge in [0.1, 0.15) is 0 Å². The lowest BCUT2D eigenvalue weighted by atomic mass is 9.99. The van der Waals surface area contributed by atoms with Crippen LogP contribution in [0, 0.1) is 12.8 Å². The van der Waals surface area contributed by atoms with Crippen molar-refractivity contribution >= 4 is 23.3 Å². The molecule has 1 atom stereocenters. The Bertz CT molecular complexity index is 679. The Morgan fingerprint density at radius 3 is 2.85 bits per heavy atom. The number of carbonyl (C=O) groups excluding carboxylic acids is 2. The van der Waals surface area contributed by atoms with Crippen molar-refractivity contribution in [1.82, 2.24) is 10.2 Å². The predicted octanol–water partition coefficient (Wildman–Crippen LogP) is 1.95. The number of piperidine rings is 1. The van der Waals surface area contributed by atoms with E-state index >= 15 is 0 Å². The van der Waals surface area contributed by atoms with Crippen LogP contribution in [0.4, 0.5) is 16.2 Å². The third-order valence-corrected chi connectivity index (χ3v) is 5.39. The van der Waals surface area contributed by atoms with Crippen molar-refractivity contribution in [2.45, 2.75) is 32.6 Å². The highest BCUT2D eigenvalue weighted by Gasteiger charge is 2.23. The van der Waals surface area contributed by atoms with Gasteiger partial charge >= 0.3 is 6.03 Å². The number of nitrogens with one attached hydrogen (secondary N) is 2. The number of carbonyl (C=O) groups is 2. The van der Waals surface area contributed by atoms with Gasteiger partial charge in [-0.25, -0.2) is 4.79 Å². The number of urea groups is 1. The molecule has 2 saturated heterocycles. The van der Waals surface area contributed by atoms with Gasteiger partial charge in [0.15, 0.2) is 0 Å². The fraction of sp³-hybridized carbons (Fsp3) is 0.600. The summed E-state index contributed by atoms with van der Waals surface area (Å²) in [5.74, 6) is 0.522. The Labute approximate surface area is 160 Å². The van der Waals surface area contributed by atoms with Crippen LogP contribution in [0.25, 0.3) is 0 Å². The monoisotopic (exact) mass is 374 g/mol. The maximum atomic E-state index is 12.1. The molecule has 0 spiro atoms. The van der Waals surface area contributed by atoms with E-state index in [2.05, 4.69) is 15.5 Å². The van der Waals surface area contributed by atoms with Crippen molar-refractivity contribution in [2.24, 2.45) is 5.92 Å². The molecule has 0 bridgehead atoms. The van der Waals surface area contributed by atoms with Gasteiger partial charge in [-0.05, 0) is 62.4 Å². The van der Waals surface area contributed by atoms with Crippen LogP contribution in [0.3, 0.4) is 0 Å². The van der Waals surface area contributed by atoms with E-state index in [9.17, 15) is 14.7 Å². The Balaban J connectivity index is 1.45. The summed E-state index contributed by atoms with van der Waals surface area (Å²) in [5.41, 5.74) is 2.62. The molecule has 148 valence electrons. The molecule has 27 heavy (non-hydrogen) atoms. The van der Waals surface area contributed by atoms with Crippen LogP contribution in [0.15, 0.2) is 18.2 Å². The number of likely N-dealkylation sites (tertiary alicyclic amines) is 1. The van der Waals surface area contributed by atoms with E-state index in [0.717, 1.165) is 62.4 Å². The first-order valence-electron chi connectivity index (χ1n) is 9.86. The zero-order chi connectivity index (χ0) is 19.2. The Morgan fingerprint density at radius 1 is 1.30 bits per heavy atom. The highest BCUT2D eigenvalue weighted by Crippen LogP contribution is 2.27. The minimum absolute atomic E-state index is 0.165. The molecule has 0 radical (unpaired) electrons. The molecule has 2 fully saturated rings. The van der Waals surface area contributed by atoms with Crippen molar-refractivity contribution in [3.05, 3.63) is 23.8 Å². The highest BCUT2D eigenvalue weighted by molar-refractivity contribution is 5.96. The Kier molecular flexibility index (Phi) is 6.68. The van der Waals surface area contributed by atoms with E-state index in [1.807, 2.05) is 30.0 Å². The molecule has 2 aliphatic rings. The molecule has 3 rings (SSSR count). The number of anilines is 2. The number of hydrogen-bond donors (Lipinski definition) is 3. The van der Waals surface area contributed by atoms with Crippen molar-refractivity contribution < 1.29 is 14.7 Å². The quantitative estimate of drug-likeness (QED) is 0.710.